The Morgan fingerprint density at radius 2 is 2.24 bits per heavy atom. The van der Waals surface area contributed by atoms with Gasteiger partial charge in [-0.15, -0.1) is 11.3 Å². The third-order valence-corrected chi connectivity index (χ3v) is 4.78. The van der Waals surface area contributed by atoms with Crippen LogP contribution in [0.2, 0.25) is 5.02 Å². The highest BCUT2D eigenvalue weighted by Gasteiger charge is 2.24. The number of amides is 1. The van der Waals surface area contributed by atoms with Crippen molar-refractivity contribution in [3.63, 3.8) is 0 Å². The molecule has 0 spiro atoms. The first-order valence-corrected chi connectivity index (χ1v) is 8.16. The lowest BCUT2D eigenvalue weighted by atomic mass is 10.1. The summed E-state index contributed by atoms with van der Waals surface area (Å²) < 4.78 is 0. The van der Waals surface area contributed by atoms with Crippen LogP contribution in [-0.4, -0.2) is 34.9 Å². The summed E-state index contributed by atoms with van der Waals surface area (Å²) >= 11 is 7.61. The summed E-state index contributed by atoms with van der Waals surface area (Å²) in [6.07, 6.45) is 1.93. The number of nitrogens with zero attached hydrogens (tertiary/aromatic N) is 2. The molecular weight excluding hydrogens is 306 g/mol. The van der Waals surface area contributed by atoms with Crippen molar-refractivity contribution in [3.8, 4) is 10.6 Å². The van der Waals surface area contributed by atoms with E-state index < -0.39 is 0 Å². The summed E-state index contributed by atoms with van der Waals surface area (Å²) in [5, 5.41) is 3.21. The maximum absolute atomic E-state index is 12.5. The molecule has 1 unspecified atom stereocenters. The number of aromatic nitrogens is 1. The minimum atomic E-state index is -0.0419. The molecule has 0 bridgehead atoms. The van der Waals surface area contributed by atoms with Gasteiger partial charge >= 0.3 is 0 Å². The Labute approximate surface area is 132 Å². The molecule has 0 aliphatic carbocycles. The first-order chi connectivity index (χ1) is 10.1. The molecule has 1 amide bonds. The summed E-state index contributed by atoms with van der Waals surface area (Å²) in [4.78, 5) is 18.7. The molecule has 2 N–H and O–H groups in total. The Kier molecular flexibility index (Phi) is 4.24. The van der Waals surface area contributed by atoms with Crippen molar-refractivity contribution < 1.29 is 4.79 Å². The van der Waals surface area contributed by atoms with Gasteiger partial charge in [-0.05, 0) is 18.9 Å². The van der Waals surface area contributed by atoms with Crippen LogP contribution >= 0.6 is 22.9 Å². The molecule has 1 aliphatic heterocycles. The predicted molar refractivity (Wildman–Crippen MR) is 85.7 cm³/mol. The number of rotatable bonds is 2. The van der Waals surface area contributed by atoms with Gasteiger partial charge in [0.15, 0.2) is 0 Å². The molecule has 1 atom stereocenters. The molecule has 1 aliphatic rings. The second-order valence-corrected chi connectivity index (χ2v) is 6.44. The summed E-state index contributed by atoms with van der Waals surface area (Å²) in [5.41, 5.74) is 7.26. The van der Waals surface area contributed by atoms with Gasteiger partial charge in [-0.25, -0.2) is 4.98 Å². The van der Waals surface area contributed by atoms with E-state index in [1.807, 2.05) is 24.3 Å². The van der Waals surface area contributed by atoms with Crippen LogP contribution < -0.4 is 5.73 Å². The Morgan fingerprint density at radius 3 is 3.00 bits per heavy atom. The first-order valence-electron chi connectivity index (χ1n) is 6.90. The van der Waals surface area contributed by atoms with Gasteiger partial charge in [-0.2, -0.15) is 0 Å². The SMILES string of the molecule is NC1CCCN(C(=O)c2csc(-c3ccccc3Cl)n2)C1. The number of carbonyl (C=O) groups excluding carboxylic acids is 1. The number of thiazole rings is 1. The van der Waals surface area contributed by atoms with Gasteiger partial charge in [-0.1, -0.05) is 29.8 Å². The Morgan fingerprint density at radius 1 is 1.43 bits per heavy atom. The fourth-order valence-electron chi connectivity index (χ4n) is 2.49. The molecule has 4 nitrogen and oxygen atoms in total. The van der Waals surface area contributed by atoms with Gasteiger partial charge in [0, 0.05) is 30.1 Å². The van der Waals surface area contributed by atoms with E-state index in [-0.39, 0.29) is 11.9 Å². The summed E-state index contributed by atoms with van der Waals surface area (Å²) in [5.74, 6) is -0.0419. The summed E-state index contributed by atoms with van der Waals surface area (Å²) in [6.45, 7) is 1.36. The number of halogens is 1. The minimum absolute atomic E-state index is 0.0419. The van der Waals surface area contributed by atoms with Crippen molar-refractivity contribution in [2.45, 2.75) is 18.9 Å². The van der Waals surface area contributed by atoms with Gasteiger partial charge < -0.3 is 10.6 Å². The molecule has 1 aromatic heterocycles. The average molecular weight is 322 g/mol. The number of hydrogen-bond donors (Lipinski definition) is 1. The van der Waals surface area contributed by atoms with Crippen LogP contribution in [0.3, 0.4) is 0 Å². The lowest BCUT2D eigenvalue weighted by Gasteiger charge is -2.30. The van der Waals surface area contributed by atoms with Gasteiger partial charge in [0.25, 0.3) is 5.91 Å². The fourth-order valence-corrected chi connectivity index (χ4v) is 3.60. The number of likely N-dealkylation sites (tertiary alicyclic amines) is 1. The molecule has 0 saturated carbocycles. The molecule has 3 rings (SSSR count). The molecule has 1 fully saturated rings. The van der Waals surface area contributed by atoms with Crippen LogP contribution in [0, 0.1) is 0 Å². The number of benzene rings is 1. The molecular formula is C15H16ClN3OS. The largest absolute Gasteiger partial charge is 0.336 e. The molecule has 2 heterocycles. The van der Waals surface area contributed by atoms with Crippen LogP contribution in [0.1, 0.15) is 23.3 Å². The van der Waals surface area contributed by atoms with E-state index in [2.05, 4.69) is 4.98 Å². The van der Waals surface area contributed by atoms with E-state index in [1.54, 1.807) is 10.3 Å². The van der Waals surface area contributed by atoms with Crippen molar-refractivity contribution in [2.75, 3.05) is 13.1 Å². The van der Waals surface area contributed by atoms with Crippen LogP contribution in [0.5, 0.6) is 0 Å². The van der Waals surface area contributed by atoms with Crippen molar-refractivity contribution in [1.82, 2.24) is 9.88 Å². The van der Waals surface area contributed by atoms with Gasteiger partial charge in [0.2, 0.25) is 0 Å². The van der Waals surface area contributed by atoms with E-state index in [9.17, 15) is 4.79 Å². The smallest absolute Gasteiger partial charge is 0.273 e. The number of carbonyl (C=O) groups is 1. The second kappa shape index (κ2) is 6.13. The van der Waals surface area contributed by atoms with E-state index in [4.69, 9.17) is 17.3 Å². The second-order valence-electron chi connectivity index (χ2n) is 5.17. The monoisotopic (exact) mass is 321 g/mol. The molecule has 0 radical (unpaired) electrons. The fraction of sp³-hybridized carbons (Fsp3) is 0.333. The van der Waals surface area contributed by atoms with E-state index in [0.29, 0.717) is 17.3 Å². The van der Waals surface area contributed by atoms with E-state index in [0.717, 1.165) is 30.0 Å². The lowest BCUT2D eigenvalue weighted by Crippen LogP contribution is -2.45. The minimum Gasteiger partial charge on any atom is -0.336 e. The third kappa shape index (κ3) is 3.10. The van der Waals surface area contributed by atoms with Gasteiger partial charge in [0.1, 0.15) is 10.7 Å². The van der Waals surface area contributed by atoms with Crippen molar-refractivity contribution in [3.05, 3.63) is 40.4 Å². The zero-order chi connectivity index (χ0) is 14.8. The highest BCUT2D eigenvalue weighted by Crippen LogP contribution is 2.30. The molecule has 6 heteroatoms. The first kappa shape index (κ1) is 14.5. The maximum atomic E-state index is 12.5. The molecule has 1 saturated heterocycles. The Bertz CT molecular complexity index is 658. The Balaban J connectivity index is 1.82. The standard InChI is InChI=1S/C15H16ClN3OS/c16-12-6-2-1-5-11(12)14-18-13(9-21-14)15(20)19-7-3-4-10(17)8-19/h1-2,5-6,9-10H,3-4,7-8,17H2. The van der Waals surface area contributed by atoms with E-state index in [1.165, 1.54) is 11.3 Å². The number of piperidine rings is 1. The topological polar surface area (TPSA) is 59.2 Å². The average Bonchev–Trinajstić information content (AvgIpc) is 2.96. The number of hydrogen-bond acceptors (Lipinski definition) is 4. The van der Waals surface area contributed by atoms with Gasteiger partial charge in [0.05, 0.1) is 5.02 Å². The summed E-state index contributed by atoms with van der Waals surface area (Å²) in [6, 6.07) is 7.59. The van der Waals surface area contributed by atoms with Crippen molar-refractivity contribution in [2.24, 2.45) is 5.73 Å². The zero-order valence-electron chi connectivity index (χ0n) is 11.5. The number of nitrogens with two attached hydrogens (primary N) is 1. The van der Waals surface area contributed by atoms with Crippen molar-refractivity contribution in [1.29, 1.82) is 0 Å². The predicted octanol–water partition coefficient (Wildman–Crippen LogP) is 3.03. The van der Waals surface area contributed by atoms with Crippen LogP contribution in [-0.2, 0) is 0 Å². The summed E-state index contributed by atoms with van der Waals surface area (Å²) in [7, 11) is 0. The highest BCUT2D eigenvalue weighted by molar-refractivity contribution is 7.13. The quantitative estimate of drug-likeness (QED) is 0.925. The molecule has 21 heavy (non-hydrogen) atoms. The maximum Gasteiger partial charge on any atom is 0.273 e. The molecule has 1 aromatic carbocycles. The van der Waals surface area contributed by atoms with Crippen LogP contribution in [0.4, 0.5) is 0 Å². The normalized spacial score (nSPS) is 18.8. The van der Waals surface area contributed by atoms with Gasteiger partial charge in [-0.3, -0.25) is 4.79 Å². The molecule has 2 aromatic rings. The van der Waals surface area contributed by atoms with E-state index >= 15 is 0 Å². The third-order valence-electron chi connectivity index (χ3n) is 3.57. The lowest BCUT2D eigenvalue weighted by molar-refractivity contribution is 0.0704. The molecule has 110 valence electrons. The van der Waals surface area contributed by atoms with Crippen LogP contribution in [0.15, 0.2) is 29.6 Å². The zero-order valence-corrected chi connectivity index (χ0v) is 13.0. The van der Waals surface area contributed by atoms with Crippen LogP contribution in [0.25, 0.3) is 10.6 Å². The van der Waals surface area contributed by atoms with Crippen molar-refractivity contribution >= 4 is 28.8 Å². The Hall–Kier alpha value is -1.43. The highest BCUT2D eigenvalue weighted by atomic mass is 35.5.